The predicted octanol–water partition coefficient (Wildman–Crippen LogP) is 3.33. The lowest BCUT2D eigenvalue weighted by Crippen LogP contribution is -2.48. The van der Waals surface area contributed by atoms with Crippen molar-refractivity contribution < 1.29 is 23.5 Å². The van der Waals surface area contributed by atoms with Gasteiger partial charge in [-0.1, -0.05) is 18.2 Å². The molecule has 3 fully saturated rings. The molecule has 2 bridgehead atoms. The lowest BCUT2D eigenvalue weighted by Gasteiger charge is -2.40. The third-order valence-corrected chi connectivity index (χ3v) is 7.97. The van der Waals surface area contributed by atoms with E-state index in [0.717, 1.165) is 31.2 Å². The molecule has 0 spiro atoms. The van der Waals surface area contributed by atoms with Crippen LogP contribution in [0.25, 0.3) is 0 Å². The van der Waals surface area contributed by atoms with Crippen LogP contribution in [-0.2, 0) is 11.3 Å². The number of benzene rings is 2. The summed E-state index contributed by atoms with van der Waals surface area (Å²) in [5.74, 6) is -1.93. The second kappa shape index (κ2) is 9.32. The summed E-state index contributed by atoms with van der Waals surface area (Å²) in [4.78, 5) is 28.4. The van der Waals surface area contributed by atoms with Gasteiger partial charge in [0.15, 0.2) is 0 Å². The number of carbonyl (C=O) groups is 2. The average Bonchev–Trinajstić information content (AvgIpc) is 3.55. The zero-order chi connectivity index (χ0) is 24.7. The van der Waals surface area contributed by atoms with Crippen LogP contribution >= 0.6 is 0 Å². The Morgan fingerprint density at radius 2 is 1.69 bits per heavy atom. The molecule has 2 aromatic rings. The minimum absolute atomic E-state index is 0.152. The van der Waals surface area contributed by atoms with Crippen molar-refractivity contribution in [2.75, 3.05) is 13.1 Å². The minimum Gasteiger partial charge on any atom is -0.380 e. The van der Waals surface area contributed by atoms with E-state index in [1.807, 2.05) is 18.2 Å². The summed E-state index contributed by atoms with van der Waals surface area (Å²) in [6.07, 6.45) is 4.75. The molecule has 2 saturated heterocycles. The van der Waals surface area contributed by atoms with Gasteiger partial charge in [-0.2, -0.15) is 0 Å². The quantitative estimate of drug-likeness (QED) is 0.603. The van der Waals surface area contributed by atoms with Crippen molar-refractivity contribution in [2.24, 2.45) is 5.73 Å². The van der Waals surface area contributed by atoms with Crippen LogP contribution in [-0.4, -0.2) is 57.5 Å². The van der Waals surface area contributed by atoms with Gasteiger partial charge in [-0.25, -0.2) is 8.78 Å². The first-order valence-corrected chi connectivity index (χ1v) is 12.4. The van der Waals surface area contributed by atoms with Crippen LogP contribution < -0.4 is 5.73 Å². The van der Waals surface area contributed by atoms with E-state index in [-0.39, 0.29) is 12.1 Å². The molecule has 2 amide bonds. The second-order valence-electron chi connectivity index (χ2n) is 10.2. The molecule has 8 heteroatoms. The number of amides is 2. The maximum absolute atomic E-state index is 14.3. The van der Waals surface area contributed by atoms with Gasteiger partial charge in [0.2, 0.25) is 5.91 Å². The highest BCUT2D eigenvalue weighted by Crippen LogP contribution is 2.43. The number of halogens is 2. The molecule has 3 N–H and O–H groups in total. The Hall–Kier alpha value is -2.84. The Morgan fingerprint density at radius 3 is 2.29 bits per heavy atom. The molecule has 1 saturated carbocycles. The first-order valence-electron chi connectivity index (χ1n) is 12.4. The van der Waals surface area contributed by atoms with Crippen molar-refractivity contribution in [3.8, 4) is 0 Å². The van der Waals surface area contributed by atoms with Crippen molar-refractivity contribution in [1.29, 1.82) is 0 Å². The van der Waals surface area contributed by atoms with Gasteiger partial charge in [0.25, 0.3) is 5.91 Å². The van der Waals surface area contributed by atoms with Crippen molar-refractivity contribution in [3.05, 3.63) is 70.8 Å². The number of hydrogen-bond donors (Lipinski definition) is 2. The van der Waals surface area contributed by atoms with Crippen LogP contribution in [0.15, 0.2) is 42.5 Å². The third-order valence-electron chi connectivity index (χ3n) is 7.97. The predicted molar refractivity (Wildman–Crippen MR) is 126 cm³/mol. The molecule has 2 aromatic carbocycles. The van der Waals surface area contributed by atoms with E-state index in [2.05, 4.69) is 4.90 Å². The second-order valence-corrected chi connectivity index (χ2v) is 10.2. The number of nitrogens with zero attached hydrogens (tertiary/aromatic N) is 2. The number of aliphatic hydroxyl groups is 1. The van der Waals surface area contributed by atoms with E-state index in [0.29, 0.717) is 49.5 Å². The number of rotatable bonds is 8. The SMILES string of the molecule is NC(=O)c1cccc(C2CC3CCC(C2)N3CCN(Cc2c(F)cccc2F)C(=O)C2(O)CC2)c1. The molecule has 1 aliphatic carbocycles. The third kappa shape index (κ3) is 4.82. The molecule has 0 aromatic heterocycles. The monoisotopic (exact) mass is 483 g/mol. The average molecular weight is 484 g/mol. The zero-order valence-corrected chi connectivity index (χ0v) is 19.6. The highest BCUT2D eigenvalue weighted by molar-refractivity contribution is 5.92. The van der Waals surface area contributed by atoms with Gasteiger partial charge >= 0.3 is 0 Å². The molecule has 6 nitrogen and oxygen atoms in total. The van der Waals surface area contributed by atoms with Gasteiger partial charge in [0.1, 0.15) is 17.2 Å². The lowest BCUT2D eigenvalue weighted by atomic mass is 9.84. The van der Waals surface area contributed by atoms with Crippen molar-refractivity contribution in [1.82, 2.24) is 9.80 Å². The van der Waals surface area contributed by atoms with Gasteiger partial charge < -0.3 is 15.7 Å². The van der Waals surface area contributed by atoms with Crippen LogP contribution in [0, 0.1) is 11.6 Å². The van der Waals surface area contributed by atoms with E-state index < -0.39 is 29.0 Å². The molecular formula is C27H31F2N3O3. The number of carbonyl (C=O) groups excluding carboxylic acids is 2. The molecular weight excluding hydrogens is 452 g/mol. The Kier molecular flexibility index (Phi) is 6.36. The van der Waals surface area contributed by atoms with Crippen LogP contribution in [0.3, 0.4) is 0 Å². The number of piperidine rings is 1. The lowest BCUT2D eigenvalue weighted by molar-refractivity contribution is -0.143. The summed E-state index contributed by atoms with van der Waals surface area (Å²) in [6, 6.07) is 11.9. The van der Waals surface area contributed by atoms with E-state index >= 15 is 0 Å². The molecule has 3 aliphatic rings. The molecule has 186 valence electrons. The summed E-state index contributed by atoms with van der Waals surface area (Å²) >= 11 is 0. The fraction of sp³-hybridized carbons (Fsp3) is 0.481. The fourth-order valence-electron chi connectivity index (χ4n) is 5.85. The van der Waals surface area contributed by atoms with Gasteiger partial charge in [-0.3, -0.25) is 14.5 Å². The van der Waals surface area contributed by atoms with Crippen LogP contribution in [0.5, 0.6) is 0 Å². The summed E-state index contributed by atoms with van der Waals surface area (Å²) in [5, 5.41) is 10.4. The number of hydrogen-bond acceptors (Lipinski definition) is 4. The van der Waals surface area contributed by atoms with Gasteiger partial charge in [0, 0.05) is 36.3 Å². The highest BCUT2D eigenvalue weighted by Gasteiger charge is 2.50. The molecule has 2 unspecified atom stereocenters. The smallest absolute Gasteiger partial charge is 0.254 e. The van der Waals surface area contributed by atoms with Gasteiger partial charge in [-0.05, 0) is 74.3 Å². The Bertz CT molecular complexity index is 1100. The Balaban J connectivity index is 1.28. The number of nitrogens with two attached hydrogens (primary N) is 1. The standard InChI is InChI=1S/C27H31F2N3O3/c28-23-5-2-6-24(29)22(23)16-31(26(34)27(35)9-10-27)11-12-32-20-7-8-21(32)15-19(14-20)17-3-1-4-18(13-17)25(30)33/h1-6,13,19-21,35H,7-12,14-16H2,(H2,30,33). The van der Waals surface area contributed by atoms with E-state index in [1.165, 1.54) is 23.1 Å². The number of primary amides is 1. The summed E-state index contributed by atoms with van der Waals surface area (Å²) in [6.45, 7) is 0.677. The van der Waals surface area contributed by atoms with Crippen molar-refractivity contribution >= 4 is 11.8 Å². The number of fused-ring (bicyclic) bond motifs is 2. The Morgan fingerprint density at radius 1 is 1.06 bits per heavy atom. The molecule has 5 rings (SSSR count). The molecule has 35 heavy (non-hydrogen) atoms. The zero-order valence-electron chi connectivity index (χ0n) is 19.6. The molecule has 2 atom stereocenters. The van der Waals surface area contributed by atoms with Crippen LogP contribution in [0.1, 0.15) is 65.9 Å². The van der Waals surface area contributed by atoms with E-state index in [9.17, 15) is 23.5 Å². The minimum atomic E-state index is -1.40. The largest absolute Gasteiger partial charge is 0.380 e. The molecule has 0 radical (unpaired) electrons. The maximum Gasteiger partial charge on any atom is 0.254 e. The molecule has 2 heterocycles. The van der Waals surface area contributed by atoms with Crippen molar-refractivity contribution in [3.63, 3.8) is 0 Å². The topological polar surface area (TPSA) is 86.9 Å². The van der Waals surface area contributed by atoms with E-state index in [4.69, 9.17) is 5.73 Å². The van der Waals surface area contributed by atoms with Crippen LogP contribution in [0.4, 0.5) is 8.78 Å². The van der Waals surface area contributed by atoms with E-state index in [1.54, 1.807) is 6.07 Å². The summed E-state index contributed by atoms with van der Waals surface area (Å²) < 4.78 is 28.6. The first kappa shape index (κ1) is 23.9. The molecule has 2 aliphatic heterocycles. The van der Waals surface area contributed by atoms with Gasteiger partial charge in [0.05, 0.1) is 6.54 Å². The maximum atomic E-state index is 14.3. The highest BCUT2D eigenvalue weighted by atomic mass is 19.1. The normalized spacial score (nSPS) is 24.8. The fourth-order valence-corrected chi connectivity index (χ4v) is 5.85. The summed E-state index contributed by atoms with van der Waals surface area (Å²) in [5.41, 5.74) is 5.55. The Labute approximate surface area is 203 Å². The first-order chi connectivity index (χ1) is 16.7. The van der Waals surface area contributed by atoms with Gasteiger partial charge in [-0.15, -0.1) is 0 Å². The van der Waals surface area contributed by atoms with Crippen molar-refractivity contribution in [2.45, 2.75) is 68.7 Å². The van der Waals surface area contributed by atoms with Crippen LogP contribution in [0.2, 0.25) is 0 Å². The summed E-state index contributed by atoms with van der Waals surface area (Å²) in [7, 11) is 0.